The molecule has 0 aromatic heterocycles. The van der Waals surface area contributed by atoms with Crippen LogP contribution >= 0.6 is 0 Å². The Morgan fingerprint density at radius 3 is 2.23 bits per heavy atom. The van der Waals surface area contributed by atoms with Gasteiger partial charge < -0.3 is 19.8 Å². The van der Waals surface area contributed by atoms with Crippen LogP contribution < -0.4 is 4.90 Å². The summed E-state index contributed by atoms with van der Waals surface area (Å²) in [6.45, 7) is 8.97. The largest absolute Gasteiger partial charge is 0.478 e. The molecule has 1 aliphatic heterocycles. The van der Waals surface area contributed by atoms with Gasteiger partial charge in [-0.3, -0.25) is 19.7 Å². The second-order valence-corrected chi connectivity index (χ2v) is 11.4. The quantitative estimate of drug-likeness (QED) is 0.152. The summed E-state index contributed by atoms with van der Waals surface area (Å²) in [7, 11) is 0. The lowest BCUT2D eigenvalue weighted by atomic mass is 9.95. The van der Waals surface area contributed by atoms with Gasteiger partial charge in [-0.1, -0.05) is 12.8 Å². The molecule has 0 aliphatic carbocycles. The van der Waals surface area contributed by atoms with Gasteiger partial charge in [0.1, 0.15) is 11.5 Å². The molecule has 2 aromatic rings. The van der Waals surface area contributed by atoms with E-state index >= 15 is 0 Å². The van der Waals surface area contributed by atoms with Crippen molar-refractivity contribution in [1.82, 2.24) is 9.80 Å². The Kier molecular flexibility index (Phi) is 12.5. The number of carboxylic acids is 1. The summed E-state index contributed by atoms with van der Waals surface area (Å²) in [6, 6.07) is 9.64. The highest BCUT2D eigenvalue weighted by atomic mass is 19.1. The van der Waals surface area contributed by atoms with Crippen LogP contribution in [0.4, 0.5) is 15.8 Å². The van der Waals surface area contributed by atoms with Crippen LogP contribution in [0.3, 0.4) is 0 Å². The van der Waals surface area contributed by atoms with Gasteiger partial charge in [0.15, 0.2) is 0 Å². The van der Waals surface area contributed by atoms with Gasteiger partial charge in [0.2, 0.25) is 5.91 Å². The summed E-state index contributed by atoms with van der Waals surface area (Å²) in [5.74, 6) is -1.27. The Hall–Kier alpha value is -4.02. The predicted octanol–water partition coefficient (Wildman–Crippen LogP) is 6.00. The minimum absolute atomic E-state index is 0.0247. The first kappa shape index (κ1) is 33.5. The number of amides is 2. The molecule has 234 valence electrons. The molecular formula is C32H43FN4O6. The summed E-state index contributed by atoms with van der Waals surface area (Å²) < 4.78 is 13.2. The SMILES string of the molecule is CCN(CC1CCN(c2ccc(C(=O)O)cc2[N+](=O)[O-])CC1)C(=O)CCCCCCN(C(=O)c1ccc(F)cc1)C(C)C. The fourth-order valence-electron chi connectivity index (χ4n) is 5.57. The molecule has 0 saturated carbocycles. The van der Waals surface area contributed by atoms with E-state index in [2.05, 4.69) is 0 Å². The second-order valence-electron chi connectivity index (χ2n) is 11.4. The maximum absolute atomic E-state index is 13.2. The summed E-state index contributed by atoms with van der Waals surface area (Å²) in [5.41, 5.74) is 0.576. The van der Waals surface area contributed by atoms with Crippen molar-refractivity contribution in [3.05, 3.63) is 69.5 Å². The molecule has 11 heteroatoms. The maximum Gasteiger partial charge on any atom is 0.335 e. The number of nitro benzene ring substituents is 1. The lowest BCUT2D eigenvalue weighted by molar-refractivity contribution is -0.384. The third-order valence-electron chi connectivity index (χ3n) is 8.10. The van der Waals surface area contributed by atoms with Crippen molar-refractivity contribution in [2.24, 2.45) is 5.92 Å². The molecule has 0 spiro atoms. The van der Waals surface area contributed by atoms with Crippen LogP contribution in [0.5, 0.6) is 0 Å². The third-order valence-corrected chi connectivity index (χ3v) is 8.10. The average molecular weight is 599 g/mol. The number of piperidine rings is 1. The van der Waals surface area contributed by atoms with Crippen LogP contribution in [0, 0.1) is 21.8 Å². The van der Waals surface area contributed by atoms with Crippen molar-refractivity contribution in [1.29, 1.82) is 0 Å². The number of nitrogens with zero attached hydrogens (tertiary/aromatic N) is 4. The van der Waals surface area contributed by atoms with E-state index in [1.165, 1.54) is 36.4 Å². The van der Waals surface area contributed by atoms with E-state index in [0.29, 0.717) is 50.4 Å². The zero-order valence-electron chi connectivity index (χ0n) is 25.3. The van der Waals surface area contributed by atoms with E-state index in [9.17, 15) is 34.0 Å². The van der Waals surface area contributed by atoms with Crippen molar-refractivity contribution >= 4 is 29.2 Å². The summed E-state index contributed by atoms with van der Waals surface area (Å²) in [6.07, 6.45) is 5.42. The van der Waals surface area contributed by atoms with Crippen molar-refractivity contribution in [2.45, 2.75) is 71.8 Å². The van der Waals surface area contributed by atoms with Gasteiger partial charge in [-0.15, -0.1) is 0 Å². The molecule has 0 unspecified atom stereocenters. The molecule has 0 radical (unpaired) electrons. The van der Waals surface area contributed by atoms with Crippen LogP contribution in [0.1, 0.15) is 86.4 Å². The number of benzene rings is 2. The average Bonchev–Trinajstić information content (AvgIpc) is 2.99. The van der Waals surface area contributed by atoms with Crippen LogP contribution in [-0.2, 0) is 4.79 Å². The molecule has 2 amide bonds. The molecule has 3 rings (SSSR count). The van der Waals surface area contributed by atoms with Gasteiger partial charge in [0.05, 0.1) is 10.5 Å². The maximum atomic E-state index is 13.2. The summed E-state index contributed by atoms with van der Waals surface area (Å²) in [5, 5.41) is 20.7. The number of carboxylic acid groups (broad SMARTS) is 1. The van der Waals surface area contributed by atoms with Crippen molar-refractivity contribution in [2.75, 3.05) is 37.6 Å². The van der Waals surface area contributed by atoms with Gasteiger partial charge in [-0.2, -0.15) is 0 Å². The van der Waals surface area contributed by atoms with Crippen LogP contribution in [-0.4, -0.2) is 76.4 Å². The van der Waals surface area contributed by atoms with E-state index < -0.39 is 10.9 Å². The van der Waals surface area contributed by atoms with Crippen molar-refractivity contribution < 1.29 is 28.8 Å². The van der Waals surface area contributed by atoms with Crippen molar-refractivity contribution in [3.8, 4) is 0 Å². The number of anilines is 1. The Labute approximate surface area is 252 Å². The number of nitro groups is 1. The molecule has 2 aromatic carbocycles. The van der Waals surface area contributed by atoms with Crippen LogP contribution in [0.25, 0.3) is 0 Å². The number of aromatic carboxylic acids is 1. The van der Waals surface area contributed by atoms with Gasteiger partial charge in [0.25, 0.3) is 11.6 Å². The van der Waals surface area contributed by atoms with Crippen LogP contribution in [0.15, 0.2) is 42.5 Å². The molecule has 43 heavy (non-hydrogen) atoms. The molecule has 1 saturated heterocycles. The van der Waals surface area contributed by atoms with Crippen molar-refractivity contribution in [3.63, 3.8) is 0 Å². The van der Waals surface area contributed by atoms with Gasteiger partial charge in [0, 0.05) is 56.8 Å². The summed E-state index contributed by atoms with van der Waals surface area (Å²) in [4.78, 5) is 53.7. The molecule has 10 nitrogen and oxygen atoms in total. The number of unbranched alkanes of at least 4 members (excludes halogenated alkanes) is 3. The topological polar surface area (TPSA) is 124 Å². The highest BCUT2D eigenvalue weighted by Gasteiger charge is 2.27. The molecule has 1 fully saturated rings. The molecule has 1 N–H and O–H groups in total. The summed E-state index contributed by atoms with van der Waals surface area (Å²) >= 11 is 0. The number of hydrogen-bond acceptors (Lipinski definition) is 6. The Morgan fingerprint density at radius 1 is 1.02 bits per heavy atom. The number of carbonyl (C=O) groups excluding carboxylic acids is 2. The predicted molar refractivity (Wildman–Crippen MR) is 163 cm³/mol. The Balaban J connectivity index is 1.40. The standard InChI is InChI=1S/C32H43FN4O6/c1-4-34(22-24-16-19-35(20-17-24)28-15-12-26(32(40)41)21-29(28)37(42)43)30(38)9-7-5-6-8-18-36(23(2)3)31(39)25-10-13-27(33)14-11-25/h10-15,21,23-24H,4-9,16-20,22H2,1-3H3,(H,40,41). The number of carbonyl (C=O) groups is 3. The highest BCUT2D eigenvalue weighted by Crippen LogP contribution is 2.32. The fraction of sp³-hybridized carbons (Fsp3) is 0.531. The van der Waals surface area contributed by atoms with Gasteiger partial charge in [-0.25, -0.2) is 9.18 Å². The molecule has 1 heterocycles. The lowest BCUT2D eigenvalue weighted by Crippen LogP contribution is -2.41. The lowest BCUT2D eigenvalue weighted by Gasteiger charge is -2.35. The molecule has 0 atom stereocenters. The number of rotatable bonds is 15. The first-order valence-electron chi connectivity index (χ1n) is 15.1. The second kappa shape index (κ2) is 16.0. The minimum Gasteiger partial charge on any atom is -0.478 e. The molecule has 0 bridgehead atoms. The zero-order chi connectivity index (χ0) is 31.5. The van der Waals surface area contributed by atoms with E-state index in [0.717, 1.165) is 44.6 Å². The normalized spacial score (nSPS) is 13.7. The van der Waals surface area contributed by atoms with Gasteiger partial charge in [-0.05, 0) is 88.8 Å². The molecule has 1 aliphatic rings. The molecular weight excluding hydrogens is 555 g/mol. The third kappa shape index (κ3) is 9.49. The zero-order valence-corrected chi connectivity index (χ0v) is 25.3. The number of hydrogen-bond donors (Lipinski definition) is 1. The first-order chi connectivity index (χ1) is 20.5. The van der Waals surface area contributed by atoms with E-state index in [4.69, 9.17) is 0 Å². The van der Waals surface area contributed by atoms with E-state index in [1.54, 1.807) is 4.90 Å². The minimum atomic E-state index is -1.20. The van der Waals surface area contributed by atoms with E-state index in [1.807, 2.05) is 30.6 Å². The number of halogens is 1. The van der Waals surface area contributed by atoms with Gasteiger partial charge >= 0.3 is 5.97 Å². The Bertz CT molecular complexity index is 1260. The fourth-order valence-corrected chi connectivity index (χ4v) is 5.57. The van der Waals surface area contributed by atoms with E-state index in [-0.39, 0.29) is 40.8 Å². The highest BCUT2D eigenvalue weighted by molar-refractivity contribution is 5.94. The Morgan fingerprint density at radius 2 is 1.65 bits per heavy atom. The first-order valence-corrected chi connectivity index (χ1v) is 15.1. The monoisotopic (exact) mass is 598 g/mol. The van der Waals surface area contributed by atoms with Crippen LogP contribution in [0.2, 0.25) is 0 Å². The smallest absolute Gasteiger partial charge is 0.335 e.